The van der Waals surface area contributed by atoms with Crippen molar-refractivity contribution in [3.63, 3.8) is 0 Å². The molecule has 6 nitrogen and oxygen atoms in total. The average Bonchev–Trinajstić information content (AvgIpc) is 2.62. The molecule has 0 radical (unpaired) electrons. The molecule has 0 saturated carbocycles. The van der Waals surface area contributed by atoms with Gasteiger partial charge in [-0.3, -0.25) is 9.59 Å². The largest absolute Gasteiger partial charge is 0.506 e. The van der Waals surface area contributed by atoms with Crippen LogP contribution in [0, 0.1) is 6.92 Å². The number of hydrogen-bond acceptors (Lipinski definition) is 5. The van der Waals surface area contributed by atoms with Crippen molar-refractivity contribution in [3.05, 3.63) is 53.6 Å². The number of amides is 1. The molecule has 0 aliphatic heterocycles. The van der Waals surface area contributed by atoms with Crippen LogP contribution in [-0.4, -0.2) is 31.0 Å². The van der Waals surface area contributed by atoms with Crippen molar-refractivity contribution < 1.29 is 23.1 Å². The third-order valence-corrected chi connectivity index (χ3v) is 5.67. The van der Waals surface area contributed by atoms with E-state index < -0.39 is 15.7 Å². The van der Waals surface area contributed by atoms with E-state index >= 15 is 0 Å². The predicted molar refractivity (Wildman–Crippen MR) is 99.2 cm³/mol. The Kier molecular flexibility index (Phi) is 6.15. The summed E-state index contributed by atoms with van der Waals surface area (Å²) in [5.74, 6) is -0.965. The van der Waals surface area contributed by atoms with E-state index in [2.05, 4.69) is 5.32 Å². The lowest BCUT2D eigenvalue weighted by Gasteiger charge is -2.09. The fourth-order valence-corrected chi connectivity index (χ4v) is 3.21. The van der Waals surface area contributed by atoms with E-state index in [-0.39, 0.29) is 40.7 Å². The first-order chi connectivity index (χ1) is 12.2. The van der Waals surface area contributed by atoms with Crippen LogP contribution in [-0.2, 0) is 14.6 Å². The average molecular weight is 375 g/mol. The standard InChI is InChI=1S/C19H21NO5S/c1-3-26(24,25)15-8-9-18(22)16(12-15)20-19(23)11-10-17(21)14-6-4-13(2)5-7-14/h4-9,12,22H,3,10-11H2,1-2H3,(H,20,23). The maximum atomic E-state index is 12.1. The van der Waals surface area contributed by atoms with Crippen LogP contribution in [0.4, 0.5) is 5.69 Å². The number of phenolic OH excluding ortho intramolecular Hbond substituents is 1. The smallest absolute Gasteiger partial charge is 0.224 e. The van der Waals surface area contributed by atoms with Crippen LogP contribution in [0.1, 0.15) is 35.7 Å². The number of anilines is 1. The molecular weight excluding hydrogens is 354 g/mol. The molecule has 0 unspecified atom stereocenters. The van der Waals surface area contributed by atoms with Crippen molar-refractivity contribution in [2.75, 3.05) is 11.1 Å². The van der Waals surface area contributed by atoms with Crippen molar-refractivity contribution in [3.8, 4) is 5.75 Å². The Morgan fingerprint density at radius 2 is 1.69 bits per heavy atom. The highest BCUT2D eigenvalue weighted by molar-refractivity contribution is 7.91. The fraction of sp³-hybridized carbons (Fsp3) is 0.263. The number of carbonyl (C=O) groups is 2. The Morgan fingerprint density at radius 3 is 2.31 bits per heavy atom. The van der Waals surface area contributed by atoms with Crippen molar-refractivity contribution >= 4 is 27.2 Å². The molecule has 7 heteroatoms. The van der Waals surface area contributed by atoms with E-state index in [4.69, 9.17) is 0 Å². The number of rotatable bonds is 7. The van der Waals surface area contributed by atoms with Gasteiger partial charge in [0.1, 0.15) is 5.75 Å². The number of benzene rings is 2. The topological polar surface area (TPSA) is 101 Å². The fourth-order valence-electron chi connectivity index (χ4n) is 2.30. The van der Waals surface area contributed by atoms with Gasteiger partial charge in [-0.05, 0) is 25.1 Å². The molecule has 26 heavy (non-hydrogen) atoms. The lowest BCUT2D eigenvalue weighted by atomic mass is 10.0. The highest BCUT2D eigenvalue weighted by Crippen LogP contribution is 2.27. The minimum atomic E-state index is -3.46. The monoisotopic (exact) mass is 375 g/mol. The van der Waals surface area contributed by atoms with E-state index in [9.17, 15) is 23.1 Å². The Hall–Kier alpha value is -2.67. The molecule has 0 heterocycles. The summed E-state index contributed by atoms with van der Waals surface area (Å²) in [6, 6.07) is 10.8. The van der Waals surface area contributed by atoms with Crippen LogP contribution in [0.5, 0.6) is 5.75 Å². The Labute approximate surface area is 152 Å². The number of phenols is 1. The molecule has 0 aliphatic carbocycles. The molecule has 2 rings (SSSR count). The number of hydrogen-bond donors (Lipinski definition) is 2. The lowest BCUT2D eigenvalue weighted by molar-refractivity contribution is -0.116. The minimum absolute atomic E-state index is 0.00677. The summed E-state index contributed by atoms with van der Waals surface area (Å²) in [6.07, 6.45) is -0.0560. The number of sulfone groups is 1. The number of aromatic hydroxyl groups is 1. The Morgan fingerprint density at radius 1 is 1.04 bits per heavy atom. The highest BCUT2D eigenvalue weighted by atomic mass is 32.2. The molecule has 138 valence electrons. The van der Waals surface area contributed by atoms with E-state index in [0.29, 0.717) is 5.56 Å². The second-order valence-electron chi connectivity index (χ2n) is 5.92. The van der Waals surface area contributed by atoms with Crippen LogP contribution in [0.2, 0.25) is 0 Å². The third kappa shape index (κ3) is 4.92. The summed E-state index contributed by atoms with van der Waals surface area (Å²) < 4.78 is 23.8. The molecular formula is C19H21NO5S. The zero-order valence-electron chi connectivity index (χ0n) is 14.7. The number of carbonyl (C=O) groups excluding carboxylic acids is 2. The summed E-state index contributed by atoms with van der Waals surface area (Å²) in [5, 5.41) is 12.3. The van der Waals surface area contributed by atoms with Crippen molar-refractivity contribution in [2.45, 2.75) is 31.6 Å². The second-order valence-corrected chi connectivity index (χ2v) is 8.20. The summed E-state index contributed by atoms with van der Waals surface area (Å²) in [4.78, 5) is 24.2. The molecule has 2 aromatic carbocycles. The molecule has 0 spiro atoms. The van der Waals surface area contributed by atoms with Gasteiger partial charge in [0.15, 0.2) is 15.6 Å². The minimum Gasteiger partial charge on any atom is -0.506 e. The quantitative estimate of drug-likeness (QED) is 0.572. The number of Topliss-reactive ketones (excluding diaryl/α,β-unsaturated/α-hetero) is 1. The Bertz CT molecular complexity index is 917. The van der Waals surface area contributed by atoms with Gasteiger partial charge in [0.2, 0.25) is 5.91 Å². The van der Waals surface area contributed by atoms with Gasteiger partial charge in [0.25, 0.3) is 0 Å². The van der Waals surface area contributed by atoms with Gasteiger partial charge in [0, 0.05) is 18.4 Å². The molecule has 1 amide bonds. The maximum Gasteiger partial charge on any atom is 0.224 e. The second kappa shape index (κ2) is 8.14. The molecule has 0 saturated heterocycles. The van der Waals surface area contributed by atoms with Gasteiger partial charge in [0.05, 0.1) is 16.3 Å². The number of aryl methyl sites for hydroxylation is 1. The van der Waals surface area contributed by atoms with E-state index in [0.717, 1.165) is 5.56 Å². The van der Waals surface area contributed by atoms with E-state index in [1.165, 1.54) is 25.1 Å². The molecule has 2 N–H and O–H groups in total. The highest BCUT2D eigenvalue weighted by Gasteiger charge is 2.16. The molecule has 0 fully saturated rings. The normalized spacial score (nSPS) is 11.2. The van der Waals surface area contributed by atoms with Crippen LogP contribution in [0.3, 0.4) is 0 Å². The van der Waals surface area contributed by atoms with Gasteiger partial charge in [-0.1, -0.05) is 36.8 Å². The van der Waals surface area contributed by atoms with Crippen molar-refractivity contribution in [2.24, 2.45) is 0 Å². The summed E-state index contributed by atoms with van der Waals surface area (Å²) in [6.45, 7) is 3.43. The molecule has 0 aromatic heterocycles. The zero-order chi connectivity index (χ0) is 19.3. The maximum absolute atomic E-state index is 12.1. The van der Waals surface area contributed by atoms with E-state index in [1.807, 2.05) is 19.1 Å². The third-order valence-electron chi connectivity index (χ3n) is 3.93. The van der Waals surface area contributed by atoms with Crippen LogP contribution >= 0.6 is 0 Å². The molecule has 2 aromatic rings. The summed E-state index contributed by atoms with van der Waals surface area (Å²) in [7, 11) is -3.46. The van der Waals surface area contributed by atoms with Gasteiger partial charge in [-0.25, -0.2) is 8.42 Å². The van der Waals surface area contributed by atoms with Crippen LogP contribution in [0.25, 0.3) is 0 Å². The summed E-state index contributed by atoms with van der Waals surface area (Å²) in [5.41, 5.74) is 1.58. The Balaban J connectivity index is 2.02. The molecule has 0 bridgehead atoms. The van der Waals surface area contributed by atoms with Crippen LogP contribution in [0.15, 0.2) is 47.4 Å². The summed E-state index contributed by atoms with van der Waals surface area (Å²) >= 11 is 0. The van der Waals surface area contributed by atoms with Gasteiger partial charge >= 0.3 is 0 Å². The van der Waals surface area contributed by atoms with Gasteiger partial charge < -0.3 is 10.4 Å². The van der Waals surface area contributed by atoms with Crippen LogP contribution < -0.4 is 5.32 Å². The molecule has 0 atom stereocenters. The SMILES string of the molecule is CCS(=O)(=O)c1ccc(O)c(NC(=O)CCC(=O)c2ccc(C)cc2)c1. The van der Waals surface area contributed by atoms with Crippen molar-refractivity contribution in [1.82, 2.24) is 0 Å². The first-order valence-electron chi connectivity index (χ1n) is 8.18. The lowest BCUT2D eigenvalue weighted by Crippen LogP contribution is -2.14. The molecule has 0 aliphatic rings. The first-order valence-corrected chi connectivity index (χ1v) is 9.83. The van der Waals surface area contributed by atoms with Crippen molar-refractivity contribution in [1.29, 1.82) is 0 Å². The van der Waals surface area contributed by atoms with Gasteiger partial charge in [-0.15, -0.1) is 0 Å². The predicted octanol–water partition coefficient (Wildman–Crippen LogP) is 3.10. The first kappa shape index (κ1) is 19.7. The van der Waals surface area contributed by atoms with E-state index in [1.54, 1.807) is 12.1 Å². The van der Waals surface area contributed by atoms with Gasteiger partial charge in [-0.2, -0.15) is 0 Å². The number of nitrogens with one attached hydrogen (secondary N) is 1. The number of ketones is 1. The zero-order valence-corrected chi connectivity index (χ0v) is 15.5.